The van der Waals surface area contributed by atoms with Gasteiger partial charge in [0.25, 0.3) is 5.56 Å². The topological polar surface area (TPSA) is 96.1 Å². The van der Waals surface area contributed by atoms with E-state index in [0.29, 0.717) is 59.6 Å². The summed E-state index contributed by atoms with van der Waals surface area (Å²) < 4.78 is 16.2. The summed E-state index contributed by atoms with van der Waals surface area (Å²) in [4.78, 5) is 32.9. The number of morpholine rings is 1. The number of H-pyrrole nitrogens is 1. The number of para-hydroxylation sites is 1. The van der Waals surface area contributed by atoms with Gasteiger partial charge in [0, 0.05) is 43.2 Å². The fraction of sp³-hybridized carbons (Fsp3) is 0.360. The van der Waals surface area contributed by atoms with Crippen LogP contribution >= 0.6 is 11.6 Å². The van der Waals surface area contributed by atoms with Gasteiger partial charge in [-0.05, 0) is 24.3 Å². The summed E-state index contributed by atoms with van der Waals surface area (Å²) >= 11 is 6.24. The van der Waals surface area contributed by atoms with Gasteiger partial charge in [-0.1, -0.05) is 23.7 Å². The van der Waals surface area contributed by atoms with E-state index in [9.17, 15) is 9.59 Å². The molecule has 1 aromatic heterocycles. The minimum absolute atomic E-state index is 0.125. The Morgan fingerprint density at radius 3 is 2.57 bits per heavy atom. The van der Waals surface area contributed by atoms with Gasteiger partial charge in [-0.2, -0.15) is 0 Å². The Balaban J connectivity index is 1.60. The highest BCUT2D eigenvalue weighted by atomic mass is 35.5. The number of hydrogen-bond acceptors (Lipinski definition) is 6. The minimum Gasteiger partial charge on any atom is -0.493 e. The number of aromatic nitrogens is 1. The van der Waals surface area contributed by atoms with Gasteiger partial charge in [0.05, 0.1) is 50.2 Å². The van der Waals surface area contributed by atoms with Crippen molar-refractivity contribution in [3.8, 4) is 11.5 Å². The van der Waals surface area contributed by atoms with E-state index in [1.165, 1.54) is 0 Å². The molecular formula is C25H29ClN4O5. The van der Waals surface area contributed by atoms with Crippen LogP contribution in [0.15, 0.2) is 47.3 Å². The molecule has 0 radical (unpaired) electrons. The largest absolute Gasteiger partial charge is 0.493 e. The Hall–Kier alpha value is -3.27. The Labute approximate surface area is 208 Å². The summed E-state index contributed by atoms with van der Waals surface area (Å²) in [6.45, 7) is 4.16. The first-order chi connectivity index (χ1) is 17.0. The smallest absolute Gasteiger partial charge is 0.322 e. The average Bonchev–Trinajstić information content (AvgIpc) is 2.87. The van der Waals surface area contributed by atoms with Crippen LogP contribution in [0.1, 0.15) is 5.56 Å². The number of carbonyl (C=O) groups is 1. The lowest BCUT2D eigenvalue weighted by atomic mass is 10.1. The molecule has 0 spiro atoms. The molecule has 1 aliphatic rings. The molecule has 9 nitrogen and oxygen atoms in total. The molecule has 3 aromatic rings. The number of fused-ring (bicyclic) bond motifs is 1. The molecule has 35 heavy (non-hydrogen) atoms. The predicted octanol–water partition coefficient (Wildman–Crippen LogP) is 3.57. The van der Waals surface area contributed by atoms with Gasteiger partial charge in [0.15, 0.2) is 11.5 Å². The molecule has 0 aliphatic carbocycles. The molecule has 0 saturated carbocycles. The third-order valence-electron chi connectivity index (χ3n) is 5.98. The summed E-state index contributed by atoms with van der Waals surface area (Å²) in [6, 6.07) is 12.0. The third kappa shape index (κ3) is 6.05. The van der Waals surface area contributed by atoms with Crippen LogP contribution in [-0.4, -0.2) is 74.4 Å². The quantitative estimate of drug-likeness (QED) is 0.491. The van der Waals surface area contributed by atoms with Crippen molar-refractivity contribution in [1.82, 2.24) is 14.8 Å². The average molecular weight is 501 g/mol. The van der Waals surface area contributed by atoms with Crippen molar-refractivity contribution in [2.75, 3.05) is 58.9 Å². The Morgan fingerprint density at radius 2 is 1.86 bits per heavy atom. The van der Waals surface area contributed by atoms with E-state index in [1.54, 1.807) is 61.6 Å². The number of aromatic amines is 1. The number of rotatable bonds is 8. The van der Waals surface area contributed by atoms with Gasteiger partial charge in [0.1, 0.15) is 0 Å². The molecule has 2 amide bonds. The zero-order chi connectivity index (χ0) is 24.8. The van der Waals surface area contributed by atoms with Crippen molar-refractivity contribution in [1.29, 1.82) is 0 Å². The molecule has 2 N–H and O–H groups in total. The fourth-order valence-electron chi connectivity index (χ4n) is 4.00. The summed E-state index contributed by atoms with van der Waals surface area (Å²) in [7, 11) is 3.10. The van der Waals surface area contributed by atoms with E-state index in [2.05, 4.69) is 15.2 Å². The first-order valence-corrected chi connectivity index (χ1v) is 11.7. The van der Waals surface area contributed by atoms with Crippen molar-refractivity contribution < 1.29 is 19.0 Å². The number of hydrogen-bond donors (Lipinski definition) is 2. The van der Waals surface area contributed by atoms with Crippen molar-refractivity contribution in [3.05, 3.63) is 63.4 Å². The monoisotopic (exact) mass is 500 g/mol. The predicted molar refractivity (Wildman–Crippen MR) is 136 cm³/mol. The summed E-state index contributed by atoms with van der Waals surface area (Å²) in [5.74, 6) is 1.08. The Kier molecular flexibility index (Phi) is 8.12. The van der Waals surface area contributed by atoms with Crippen molar-refractivity contribution in [3.63, 3.8) is 0 Å². The number of benzene rings is 2. The highest BCUT2D eigenvalue weighted by Gasteiger charge is 2.20. The zero-order valence-corrected chi connectivity index (χ0v) is 20.6. The van der Waals surface area contributed by atoms with Crippen LogP contribution < -0.4 is 20.3 Å². The standard InChI is InChI=1S/C25H29ClN4O5/c1-33-22-14-17-13-18(24(31)27-21(17)15-23(22)34-2)16-30(8-7-29-9-11-35-12-10-29)25(32)28-20-6-4-3-5-19(20)26/h3-6,13-15H,7-12,16H2,1-2H3,(H,27,31)(H,28,32). The van der Waals surface area contributed by atoms with Crippen LogP contribution in [0.5, 0.6) is 11.5 Å². The van der Waals surface area contributed by atoms with Gasteiger partial charge in [-0.15, -0.1) is 0 Å². The first kappa shape index (κ1) is 24.8. The van der Waals surface area contributed by atoms with Gasteiger partial charge in [-0.3, -0.25) is 9.69 Å². The van der Waals surface area contributed by atoms with Crippen LogP contribution in [0.25, 0.3) is 10.9 Å². The van der Waals surface area contributed by atoms with Gasteiger partial charge >= 0.3 is 6.03 Å². The lowest BCUT2D eigenvalue weighted by molar-refractivity contribution is 0.0349. The molecular weight excluding hydrogens is 472 g/mol. The van der Waals surface area contributed by atoms with Crippen LogP contribution in [0.4, 0.5) is 10.5 Å². The normalized spacial score (nSPS) is 14.0. The molecule has 2 aromatic carbocycles. The molecule has 1 aliphatic heterocycles. The second kappa shape index (κ2) is 11.4. The molecule has 0 atom stereocenters. The van der Waals surface area contributed by atoms with E-state index in [4.69, 9.17) is 25.8 Å². The lowest BCUT2D eigenvalue weighted by Gasteiger charge is -2.30. The van der Waals surface area contributed by atoms with Crippen molar-refractivity contribution in [2.24, 2.45) is 0 Å². The third-order valence-corrected chi connectivity index (χ3v) is 6.31. The van der Waals surface area contributed by atoms with Gasteiger partial charge in [0.2, 0.25) is 0 Å². The maximum absolute atomic E-state index is 13.3. The maximum Gasteiger partial charge on any atom is 0.322 e. The Morgan fingerprint density at radius 1 is 1.14 bits per heavy atom. The Bertz CT molecular complexity index is 1240. The SMILES string of the molecule is COc1cc2cc(CN(CCN3CCOCC3)C(=O)Nc3ccccc3Cl)c(=O)[nH]c2cc1OC. The van der Waals surface area contributed by atoms with Gasteiger partial charge in [-0.25, -0.2) is 4.79 Å². The number of pyridine rings is 1. The molecule has 0 bridgehead atoms. The van der Waals surface area contributed by atoms with Crippen LogP contribution in [-0.2, 0) is 11.3 Å². The lowest BCUT2D eigenvalue weighted by Crippen LogP contribution is -2.44. The van der Waals surface area contributed by atoms with Crippen LogP contribution in [0.2, 0.25) is 5.02 Å². The van der Waals surface area contributed by atoms with Crippen molar-refractivity contribution >= 4 is 34.2 Å². The molecule has 1 saturated heterocycles. The molecule has 4 rings (SSSR count). The number of ether oxygens (including phenoxy) is 3. The second-order valence-corrected chi connectivity index (χ2v) is 8.61. The highest BCUT2D eigenvalue weighted by molar-refractivity contribution is 6.33. The summed E-state index contributed by atoms with van der Waals surface area (Å²) in [5, 5.41) is 4.09. The van der Waals surface area contributed by atoms with E-state index >= 15 is 0 Å². The summed E-state index contributed by atoms with van der Waals surface area (Å²) in [6.07, 6.45) is 0. The maximum atomic E-state index is 13.3. The minimum atomic E-state index is -0.335. The van der Waals surface area contributed by atoms with E-state index in [1.807, 2.05) is 0 Å². The molecule has 1 fully saturated rings. The van der Waals surface area contributed by atoms with Crippen LogP contribution in [0.3, 0.4) is 0 Å². The number of halogens is 1. The number of amides is 2. The van der Waals surface area contributed by atoms with E-state index in [0.717, 1.165) is 18.5 Å². The second-order valence-electron chi connectivity index (χ2n) is 8.20. The number of methoxy groups -OCH3 is 2. The number of nitrogens with one attached hydrogen (secondary N) is 2. The number of urea groups is 1. The molecule has 10 heteroatoms. The molecule has 2 heterocycles. The number of nitrogens with zero attached hydrogens (tertiary/aromatic N) is 2. The number of anilines is 1. The van der Waals surface area contributed by atoms with Crippen LogP contribution in [0, 0.1) is 0 Å². The zero-order valence-electron chi connectivity index (χ0n) is 19.8. The van der Waals surface area contributed by atoms with E-state index in [-0.39, 0.29) is 18.1 Å². The van der Waals surface area contributed by atoms with Crippen molar-refractivity contribution in [2.45, 2.75) is 6.54 Å². The molecule has 0 unspecified atom stereocenters. The fourth-order valence-corrected chi connectivity index (χ4v) is 4.18. The summed E-state index contributed by atoms with van der Waals surface area (Å²) in [5.41, 5.74) is 1.32. The highest BCUT2D eigenvalue weighted by Crippen LogP contribution is 2.31. The van der Waals surface area contributed by atoms with E-state index < -0.39 is 0 Å². The first-order valence-electron chi connectivity index (χ1n) is 11.4. The molecule has 186 valence electrons. The van der Waals surface area contributed by atoms with Gasteiger partial charge < -0.3 is 29.4 Å². The number of carbonyl (C=O) groups excluding carboxylic acids is 1.